The molecule has 570 valence electrons. The molecule has 3 N–H and O–H groups in total. The van der Waals surface area contributed by atoms with Gasteiger partial charge >= 0.3 is 71.9 Å². The highest BCUT2D eigenvalue weighted by Gasteiger charge is 2.60. The van der Waals surface area contributed by atoms with Gasteiger partial charge in [0.2, 0.25) is 5.91 Å². The lowest BCUT2D eigenvalue weighted by atomic mass is 9.95. The van der Waals surface area contributed by atoms with Gasteiger partial charge in [-0.2, -0.15) is 0 Å². The van der Waals surface area contributed by atoms with Crippen molar-refractivity contribution in [2.24, 2.45) is 0 Å². The van der Waals surface area contributed by atoms with Crippen LogP contribution < -0.4 is 16.0 Å². The Kier molecular flexibility index (Phi) is 31.8. The smallest absolute Gasteiger partial charge is 0.407 e. The average molecular weight is 1460 g/mol. The summed E-state index contributed by atoms with van der Waals surface area (Å²) >= 11 is 0. The van der Waals surface area contributed by atoms with Crippen molar-refractivity contribution in [3.05, 3.63) is 59.7 Å². The second-order valence-electron chi connectivity index (χ2n) is 25.4. The van der Waals surface area contributed by atoms with Crippen molar-refractivity contribution in [2.45, 2.75) is 238 Å². The van der Waals surface area contributed by atoms with Gasteiger partial charge in [0.1, 0.15) is 68.6 Å². The van der Waals surface area contributed by atoms with E-state index >= 15 is 0 Å². The zero-order chi connectivity index (χ0) is 75.8. The van der Waals surface area contributed by atoms with Crippen LogP contribution in [0.4, 0.5) is 9.59 Å². The molecule has 0 aromatic heterocycles. The second-order valence-corrected chi connectivity index (χ2v) is 25.4. The van der Waals surface area contributed by atoms with Gasteiger partial charge in [0.25, 0.3) is 0 Å². The number of amides is 3. The molecule has 0 spiro atoms. The van der Waals surface area contributed by atoms with E-state index in [1.54, 1.807) is 20.8 Å². The van der Waals surface area contributed by atoms with Crippen LogP contribution in [0, 0.1) is 0 Å². The van der Waals surface area contributed by atoms with Crippen molar-refractivity contribution >= 4 is 77.8 Å². The fourth-order valence-corrected chi connectivity index (χ4v) is 11.9. The molecule has 34 nitrogen and oxygen atoms in total. The number of esters is 10. The largest absolute Gasteiger partial charge is 0.463 e. The Labute approximate surface area is 594 Å². The molecule has 16 atom stereocenters. The van der Waals surface area contributed by atoms with E-state index in [0.29, 0.717) is 25.7 Å². The Morgan fingerprint density at radius 3 is 1.21 bits per heavy atom. The minimum absolute atomic E-state index is 0.0105. The molecule has 1 aliphatic carbocycles. The van der Waals surface area contributed by atoms with E-state index in [0.717, 1.165) is 91.5 Å². The van der Waals surface area contributed by atoms with E-state index in [4.69, 9.17) is 85.3 Å². The number of rotatable bonds is 33. The first-order chi connectivity index (χ1) is 48.7. The van der Waals surface area contributed by atoms with Gasteiger partial charge in [0.05, 0.1) is 0 Å². The topological polar surface area (TPSA) is 424 Å². The van der Waals surface area contributed by atoms with E-state index in [9.17, 15) is 62.3 Å². The fraction of sp³-hybridized carbons (Fsp3) is 0.638. The lowest BCUT2D eigenvalue weighted by Gasteiger charge is -2.50. The van der Waals surface area contributed by atoms with Crippen LogP contribution in [-0.4, -0.2) is 228 Å². The van der Waals surface area contributed by atoms with Crippen LogP contribution in [0.3, 0.4) is 0 Å². The number of hydrogen-bond acceptors (Lipinski definition) is 31. The third-order valence-corrected chi connectivity index (χ3v) is 15.8. The summed E-state index contributed by atoms with van der Waals surface area (Å²) in [4.78, 5) is 168. The molecule has 2 aromatic rings. The number of benzene rings is 2. The highest BCUT2D eigenvalue weighted by atomic mass is 16.8. The summed E-state index contributed by atoms with van der Waals surface area (Å²) in [5, 5.41) is 8.19. The summed E-state index contributed by atoms with van der Waals surface area (Å²) in [7, 11) is 0. The van der Waals surface area contributed by atoms with Crippen LogP contribution in [0.2, 0.25) is 0 Å². The first-order valence-corrected chi connectivity index (χ1v) is 33.6. The molecule has 2 aromatic carbocycles. The van der Waals surface area contributed by atoms with Crippen molar-refractivity contribution in [3.8, 4) is 11.1 Å². The van der Waals surface area contributed by atoms with Crippen molar-refractivity contribution < 1.29 is 148 Å². The van der Waals surface area contributed by atoms with Gasteiger partial charge in [-0.25, -0.2) is 9.59 Å². The van der Waals surface area contributed by atoms with Crippen molar-refractivity contribution in [2.75, 3.05) is 46.1 Å². The molecule has 3 aliphatic heterocycles. The van der Waals surface area contributed by atoms with Crippen LogP contribution in [-0.2, 0) is 138 Å². The van der Waals surface area contributed by atoms with Crippen LogP contribution in [0.5, 0.6) is 0 Å². The molecule has 103 heavy (non-hydrogen) atoms. The lowest BCUT2D eigenvalue weighted by molar-refractivity contribution is -0.380. The molecule has 3 amide bonds. The predicted molar refractivity (Wildman–Crippen MR) is 347 cm³/mol. The van der Waals surface area contributed by atoms with E-state index in [1.807, 2.05) is 48.5 Å². The monoisotopic (exact) mass is 1460 g/mol. The fourth-order valence-electron chi connectivity index (χ4n) is 11.9. The third kappa shape index (κ3) is 26.0. The standard InChI is InChI=1S/C69H93N3O31/c1-35(73)87-32-51-54(91-38(4)76)57(92-39(5)77)61(96-43(9)81)65(99-51)102-56-53(34-89-37(3)75)100-66(62(97-44(10)82)59(56)94-41(7)79)101-55-52(33-88-36(2)74)98-64(60(95-42(8)80)58(55)93-40(6)78)86-30-21-15-14-16-27-50(63(83)70-28-22-29-71-67(84)103-69(11,12)13)72-68(85)90-31-49-47-25-19-17-23-45(47)46-24-18-20-26-48(46)49/h17-20,23-26,49-62,64-66H,14-16,21-22,27-34H2,1-13H3,(H,70,83)(H,71,84)(H,72,85)/t50-,51?,52?,53?,54-,55+,56-,57-,58?,59?,60-,61?,62-,64+,65+,66-/m0/s1. The normalized spacial score (nSPS) is 25.2. The molecule has 34 heteroatoms. The van der Waals surface area contributed by atoms with Crippen molar-refractivity contribution in [3.63, 3.8) is 0 Å². The van der Waals surface area contributed by atoms with E-state index in [1.165, 1.54) is 0 Å². The van der Waals surface area contributed by atoms with Crippen LogP contribution in [0.1, 0.15) is 146 Å². The molecule has 3 heterocycles. The number of carbonyl (C=O) groups excluding carboxylic acids is 13. The molecule has 3 saturated heterocycles. The van der Waals surface area contributed by atoms with Gasteiger partial charge in [-0.3, -0.25) is 52.7 Å². The molecule has 0 radical (unpaired) electrons. The molecule has 6 rings (SSSR count). The number of fused-ring (bicyclic) bond motifs is 3. The molecule has 6 unspecified atom stereocenters. The molecule has 4 aliphatic rings. The Hall–Kier alpha value is -9.09. The van der Waals surface area contributed by atoms with Gasteiger partial charge in [0.15, 0.2) is 61.6 Å². The van der Waals surface area contributed by atoms with Gasteiger partial charge < -0.3 is 101 Å². The first-order valence-electron chi connectivity index (χ1n) is 33.6. The van der Waals surface area contributed by atoms with Gasteiger partial charge in [-0.1, -0.05) is 67.8 Å². The van der Waals surface area contributed by atoms with Gasteiger partial charge in [0, 0.05) is 94.9 Å². The van der Waals surface area contributed by atoms with Crippen LogP contribution in [0.15, 0.2) is 48.5 Å². The first kappa shape index (κ1) is 82.9. The minimum Gasteiger partial charge on any atom is -0.463 e. The van der Waals surface area contributed by atoms with E-state index < -0.39 is 201 Å². The number of alkyl carbamates (subject to hydrolysis) is 2. The van der Waals surface area contributed by atoms with Crippen molar-refractivity contribution in [1.82, 2.24) is 16.0 Å². The Balaban J connectivity index is 1.23. The van der Waals surface area contributed by atoms with Crippen LogP contribution >= 0.6 is 0 Å². The Bertz CT molecular complexity index is 3260. The molecule has 0 saturated carbocycles. The zero-order valence-corrected chi connectivity index (χ0v) is 59.8. The molecular weight excluding hydrogens is 1370 g/mol. The highest BCUT2D eigenvalue weighted by Crippen LogP contribution is 2.45. The maximum Gasteiger partial charge on any atom is 0.407 e. The maximum absolute atomic E-state index is 13.8. The zero-order valence-electron chi connectivity index (χ0n) is 59.8. The minimum atomic E-state index is -2.08. The molecular formula is C69H93N3O31. The second kappa shape index (κ2) is 39.5. The van der Waals surface area contributed by atoms with Crippen LogP contribution in [0.25, 0.3) is 11.1 Å². The highest BCUT2D eigenvalue weighted by molar-refractivity contribution is 5.86. The maximum atomic E-state index is 13.8. The summed E-state index contributed by atoms with van der Waals surface area (Å²) in [5.74, 6) is -10.5. The summed E-state index contributed by atoms with van der Waals surface area (Å²) < 4.78 is 105. The summed E-state index contributed by atoms with van der Waals surface area (Å²) in [6.45, 7) is 13.1. The van der Waals surface area contributed by atoms with E-state index in [-0.39, 0.29) is 45.1 Å². The number of unbranched alkanes of at least 4 members (excludes halogenated alkanes) is 3. The Morgan fingerprint density at radius 2 is 0.777 bits per heavy atom. The predicted octanol–water partition coefficient (Wildman–Crippen LogP) is 4.05. The van der Waals surface area contributed by atoms with Gasteiger partial charge in [-0.15, -0.1) is 0 Å². The number of ether oxygens (including phenoxy) is 18. The molecule has 0 bridgehead atoms. The molecule has 3 fully saturated rings. The SMILES string of the molecule is CC(=O)OCC1O[C@@H](OCCCCCC[C@H](NC(=O)OCC2c3ccccc3-c3ccccc32)C(=O)NCCCNC(=O)OC(C)(C)C)[C@@H](OC(C)=O)C(OC(C)=O)[C@@H]1O[C@@H]1OC(COC(C)=O)[C@H](O[C@H]2OC(COC(C)=O)[C@H](OC(C)=O)[C@H](OC(C)=O)C2OC(C)=O)C(OC(C)=O)[C@@H]1OC(C)=O. The van der Waals surface area contributed by atoms with E-state index in [2.05, 4.69) is 16.0 Å². The quantitative estimate of drug-likeness (QED) is 0.0515. The number of carbonyl (C=O) groups is 13. The third-order valence-electron chi connectivity index (χ3n) is 15.8. The Morgan fingerprint density at radius 1 is 0.398 bits per heavy atom. The summed E-state index contributed by atoms with van der Waals surface area (Å²) in [6.07, 6.45) is -26.7. The van der Waals surface area contributed by atoms with Crippen molar-refractivity contribution in [1.29, 1.82) is 0 Å². The lowest BCUT2D eigenvalue weighted by Crippen LogP contribution is -2.69. The number of hydrogen-bond donors (Lipinski definition) is 3. The summed E-state index contributed by atoms with van der Waals surface area (Å²) in [5.41, 5.74) is 3.32. The number of nitrogens with one attached hydrogen (secondary N) is 3. The average Bonchev–Trinajstić information content (AvgIpc) is 1.76. The summed E-state index contributed by atoms with van der Waals surface area (Å²) in [6, 6.07) is 14.6. The van der Waals surface area contributed by atoms with Gasteiger partial charge in [-0.05, 0) is 62.3 Å².